The van der Waals surface area contributed by atoms with E-state index < -0.39 is 5.82 Å². The van der Waals surface area contributed by atoms with Gasteiger partial charge in [0.2, 0.25) is 0 Å². The van der Waals surface area contributed by atoms with Crippen molar-refractivity contribution in [2.45, 2.75) is 28.5 Å². The zero-order valence-electron chi connectivity index (χ0n) is 18.5. The van der Waals surface area contributed by atoms with Crippen LogP contribution < -0.4 is 0 Å². The molecule has 0 spiro atoms. The van der Waals surface area contributed by atoms with E-state index in [0.717, 1.165) is 9.79 Å². The van der Waals surface area contributed by atoms with Crippen LogP contribution in [0.3, 0.4) is 0 Å². The van der Waals surface area contributed by atoms with Crippen LogP contribution >= 0.6 is 23.7 Å². The molecule has 0 radical (unpaired) electrons. The van der Waals surface area contributed by atoms with E-state index in [1.54, 1.807) is 40.7 Å². The van der Waals surface area contributed by atoms with Crippen molar-refractivity contribution in [2.24, 2.45) is 0 Å². The van der Waals surface area contributed by atoms with Gasteiger partial charge in [-0.1, -0.05) is 23.9 Å². The molecule has 4 nitrogen and oxygen atoms in total. The Morgan fingerprint density at radius 2 is 1.67 bits per heavy atom. The summed E-state index contributed by atoms with van der Waals surface area (Å²) in [5, 5.41) is 9.39. The van der Waals surface area contributed by atoms with Crippen LogP contribution in [0.5, 0.6) is 0 Å². The van der Waals surface area contributed by atoms with E-state index in [1.165, 1.54) is 28.2 Å². The second-order valence-corrected chi connectivity index (χ2v) is 10.3. The third-order valence-corrected chi connectivity index (χ3v) is 7.66. The lowest BCUT2D eigenvalue weighted by Gasteiger charge is -2.34. The molecule has 1 aliphatic heterocycles. The largest absolute Gasteiger partial charge is 0.336 e. The Kier molecular flexibility index (Phi) is 7.39. The molecule has 0 bridgehead atoms. The van der Waals surface area contributed by atoms with Crippen LogP contribution in [0.4, 0.5) is 4.39 Å². The van der Waals surface area contributed by atoms with Crippen LogP contribution in [0.15, 0.2) is 75.4 Å². The lowest BCUT2D eigenvalue weighted by atomic mass is 10.2. The van der Waals surface area contributed by atoms with Crippen LogP contribution in [0.2, 0.25) is 0 Å². The van der Waals surface area contributed by atoms with Gasteiger partial charge in [-0.15, -0.1) is 0 Å². The summed E-state index contributed by atoms with van der Waals surface area (Å²) in [4.78, 5) is 17.8. The molecular weight excluding hydrogens is 453 g/mol. The molecule has 0 aliphatic carbocycles. The average molecular weight is 478 g/mol. The van der Waals surface area contributed by atoms with E-state index in [1.807, 2.05) is 18.2 Å². The summed E-state index contributed by atoms with van der Waals surface area (Å²) in [5.41, 5.74) is 3.45. The topological polar surface area (TPSA) is 47.3 Å². The molecule has 4 rings (SSSR count). The van der Waals surface area contributed by atoms with Gasteiger partial charge in [0.15, 0.2) is 0 Å². The standard InChI is InChI=1S/C26H24FN3OS2/c1-18-12-19(2)14-23(13-18)32-24-7-6-20(17-28)15-25(24)33-30-10-8-29(9-11-30)26(31)21-4-3-5-22(27)16-21/h3-7,12-16H,8-11H2,1-2H3. The van der Waals surface area contributed by atoms with Crippen molar-refractivity contribution < 1.29 is 9.18 Å². The Labute approximate surface area is 202 Å². The zero-order chi connectivity index (χ0) is 23.4. The number of nitriles is 1. The molecule has 0 aromatic heterocycles. The minimum absolute atomic E-state index is 0.142. The molecule has 7 heteroatoms. The number of nitrogens with zero attached hydrogens (tertiary/aromatic N) is 3. The van der Waals surface area contributed by atoms with E-state index in [2.05, 4.69) is 42.4 Å². The molecule has 0 unspecified atom stereocenters. The van der Waals surface area contributed by atoms with Gasteiger partial charge in [0.05, 0.1) is 11.6 Å². The number of halogens is 1. The molecular formula is C26H24FN3OS2. The molecule has 1 saturated heterocycles. The van der Waals surface area contributed by atoms with Crippen LogP contribution in [-0.2, 0) is 0 Å². The summed E-state index contributed by atoms with van der Waals surface area (Å²) in [6.07, 6.45) is 0. The number of carbonyl (C=O) groups is 1. The third kappa shape index (κ3) is 5.97. The minimum atomic E-state index is -0.402. The fourth-order valence-electron chi connectivity index (χ4n) is 3.78. The van der Waals surface area contributed by atoms with Gasteiger partial charge in [-0.2, -0.15) is 5.26 Å². The SMILES string of the molecule is Cc1cc(C)cc(Sc2ccc(C#N)cc2SN2CCN(C(=O)c3cccc(F)c3)CC2)c1. The molecule has 1 amide bonds. The van der Waals surface area contributed by atoms with Gasteiger partial charge in [-0.05, 0) is 85.5 Å². The first-order chi connectivity index (χ1) is 15.9. The second-order valence-electron chi connectivity index (χ2n) is 8.02. The Morgan fingerprint density at radius 1 is 0.939 bits per heavy atom. The maximum atomic E-state index is 13.5. The van der Waals surface area contributed by atoms with Gasteiger partial charge in [0, 0.05) is 46.4 Å². The Morgan fingerprint density at radius 3 is 2.33 bits per heavy atom. The molecule has 168 valence electrons. The van der Waals surface area contributed by atoms with E-state index in [9.17, 15) is 14.4 Å². The van der Waals surface area contributed by atoms with Gasteiger partial charge in [-0.25, -0.2) is 8.70 Å². The molecule has 0 atom stereocenters. The lowest BCUT2D eigenvalue weighted by Crippen LogP contribution is -2.46. The van der Waals surface area contributed by atoms with E-state index in [0.29, 0.717) is 37.3 Å². The summed E-state index contributed by atoms with van der Waals surface area (Å²) in [7, 11) is 0. The molecule has 0 saturated carbocycles. The number of benzene rings is 3. The van der Waals surface area contributed by atoms with Gasteiger partial charge in [0.1, 0.15) is 5.82 Å². The predicted octanol–water partition coefficient (Wildman–Crippen LogP) is 5.93. The fourth-order valence-corrected chi connectivity index (χ4v) is 6.02. The third-order valence-electron chi connectivity index (χ3n) is 5.32. The quantitative estimate of drug-likeness (QED) is 0.426. The lowest BCUT2D eigenvalue weighted by molar-refractivity contribution is 0.0703. The van der Waals surface area contributed by atoms with Crippen molar-refractivity contribution in [1.29, 1.82) is 5.26 Å². The van der Waals surface area contributed by atoms with Gasteiger partial charge < -0.3 is 4.90 Å². The molecule has 1 fully saturated rings. The smallest absolute Gasteiger partial charge is 0.254 e. The first-order valence-corrected chi connectivity index (χ1v) is 12.3. The summed E-state index contributed by atoms with van der Waals surface area (Å²) >= 11 is 3.32. The van der Waals surface area contributed by atoms with Crippen molar-refractivity contribution in [3.8, 4) is 6.07 Å². The highest BCUT2D eigenvalue weighted by Gasteiger charge is 2.24. The number of aryl methyl sites for hydroxylation is 2. The molecule has 1 heterocycles. The summed E-state index contributed by atoms with van der Waals surface area (Å²) in [5.74, 6) is -0.544. The maximum Gasteiger partial charge on any atom is 0.254 e. The number of hydrogen-bond acceptors (Lipinski definition) is 5. The van der Waals surface area contributed by atoms with E-state index in [4.69, 9.17) is 0 Å². The monoisotopic (exact) mass is 477 g/mol. The van der Waals surface area contributed by atoms with Gasteiger partial charge >= 0.3 is 0 Å². The highest BCUT2D eigenvalue weighted by atomic mass is 32.2. The number of carbonyl (C=O) groups excluding carboxylic acids is 1. The number of rotatable bonds is 5. The van der Waals surface area contributed by atoms with Gasteiger partial charge in [0.25, 0.3) is 5.91 Å². The number of hydrogen-bond donors (Lipinski definition) is 0. The zero-order valence-corrected chi connectivity index (χ0v) is 20.2. The first-order valence-electron chi connectivity index (χ1n) is 10.7. The van der Waals surface area contributed by atoms with Crippen LogP contribution in [-0.4, -0.2) is 41.3 Å². The molecule has 3 aromatic rings. The first kappa shape index (κ1) is 23.4. The predicted molar refractivity (Wildman–Crippen MR) is 131 cm³/mol. The molecule has 0 N–H and O–H groups in total. The Hall–Kier alpha value is -2.79. The number of piperazine rings is 1. The summed E-state index contributed by atoms with van der Waals surface area (Å²) in [6.45, 7) is 6.71. The Bertz CT molecular complexity index is 1200. The highest BCUT2D eigenvalue weighted by molar-refractivity contribution is 8.01. The molecule has 33 heavy (non-hydrogen) atoms. The van der Waals surface area contributed by atoms with E-state index >= 15 is 0 Å². The summed E-state index contributed by atoms with van der Waals surface area (Å²) < 4.78 is 15.7. The van der Waals surface area contributed by atoms with Crippen LogP contribution in [0.1, 0.15) is 27.0 Å². The fraction of sp³-hybridized carbons (Fsp3) is 0.231. The molecule has 3 aromatic carbocycles. The molecule has 1 aliphatic rings. The Balaban J connectivity index is 1.45. The maximum absolute atomic E-state index is 13.5. The van der Waals surface area contributed by atoms with Crippen molar-refractivity contribution in [1.82, 2.24) is 9.21 Å². The van der Waals surface area contributed by atoms with Gasteiger partial charge in [-0.3, -0.25) is 4.79 Å². The van der Waals surface area contributed by atoms with Crippen LogP contribution in [0, 0.1) is 31.0 Å². The van der Waals surface area contributed by atoms with Crippen molar-refractivity contribution in [3.05, 3.63) is 88.7 Å². The normalized spacial score (nSPS) is 14.2. The van der Waals surface area contributed by atoms with Crippen molar-refractivity contribution in [3.63, 3.8) is 0 Å². The van der Waals surface area contributed by atoms with Crippen LogP contribution in [0.25, 0.3) is 0 Å². The minimum Gasteiger partial charge on any atom is -0.336 e. The summed E-state index contributed by atoms with van der Waals surface area (Å²) in [6, 6.07) is 20.4. The average Bonchev–Trinajstić information content (AvgIpc) is 2.79. The van der Waals surface area contributed by atoms with E-state index in [-0.39, 0.29) is 5.91 Å². The number of amides is 1. The highest BCUT2D eigenvalue weighted by Crippen LogP contribution is 2.38. The van der Waals surface area contributed by atoms with Crippen molar-refractivity contribution in [2.75, 3.05) is 26.2 Å². The second kappa shape index (κ2) is 10.4. The van der Waals surface area contributed by atoms with Crippen molar-refractivity contribution >= 4 is 29.6 Å².